The highest BCUT2D eigenvalue weighted by atomic mass is 16.5. The number of carbonyl (C=O) groups is 1. The summed E-state index contributed by atoms with van der Waals surface area (Å²) in [5, 5.41) is 14.0. The molecule has 0 spiro atoms. The van der Waals surface area contributed by atoms with Crippen LogP contribution in [-0.2, 0) is 29.0 Å². The number of anilines is 2. The molecule has 0 bridgehead atoms. The van der Waals surface area contributed by atoms with Crippen molar-refractivity contribution in [3.8, 4) is 11.5 Å². The first-order valence-corrected chi connectivity index (χ1v) is 10.4. The van der Waals surface area contributed by atoms with Crippen LogP contribution in [0.4, 0.5) is 11.4 Å². The number of amides is 1. The van der Waals surface area contributed by atoms with Gasteiger partial charge in [0.15, 0.2) is 11.5 Å². The van der Waals surface area contributed by atoms with Gasteiger partial charge in [0, 0.05) is 36.0 Å². The third-order valence-electron chi connectivity index (χ3n) is 5.20. The second-order valence-electron chi connectivity index (χ2n) is 7.24. The van der Waals surface area contributed by atoms with Crippen molar-refractivity contribution < 1.29 is 24.1 Å². The zero-order chi connectivity index (χ0) is 23.1. The number of aliphatic hydroxyl groups is 1. The van der Waals surface area contributed by atoms with E-state index in [0.29, 0.717) is 41.5 Å². The van der Waals surface area contributed by atoms with E-state index in [9.17, 15) is 9.90 Å². The summed E-state index contributed by atoms with van der Waals surface area (Å²) in [6.45, 7) is 2.79. The van der Waals surface area contributed by atoms with Crippen LogP contribution in [0.2, 0.25) is 0 Å². The van der Waals surface area contributed by atoms with E-state index in [1.54, 1.807) is 26.5 Å². The van der Waals surface area contributed by atoms with Crippen LogP contribution >= 0.6 is 0 Å². The number of nitrogens with zero attached hydrogens (tertiary/aromatic N) is 1. The number of primary amides is 1. The standard InChI is InChI=1S/C24H29N3O5/c1-4-17-15(14-28)6-5-7-19(17)27-24-16(10-23(25)29)13-26-20-12-22(32-9-8-30-2)21(31-3)11-18(20)24/h5-7,11-13,28H,4,8-10,14H2,1-3H3,(H2,25,29)(H,26,27). The summed E-state index contributed by atoms with van der Waals surface area (Å²) in [5.74, 6) is 0.629. The molecule has 1 heterocycles. The van der Waals surface area contributed by atoms with Crippen LogP contribution in [0.1, 0.15) is 23.6 Å². The van der Waals surface area contributed by atoms with Gasteiger partial charge >= 0.3 is 0 Å². The molecule has 3 aromatic rings. The number of hydrogen-bond donors (Lipinski definition) is 3. The third kappa shape index (κ3) is 5.09. The number of ether oxygens (including phenoxy) is 3. The maximum absolute atomic E-state index is 11.7. The van der Waals surface area contributed by atoms with Crippen molar-refractivity contribution in [1.29, 1.82) is 0 Å². The maximum Gasteiger partial charge on any atom is 0.221 e. The number of hydrogen-bond acceptors (Lipinski definition) is 7. The summed E-state index contributed by atoms with van der Waals surface area (Å²) in [6, 6.07) is 9.35. The van der Waals surface area contributed by atoms with E-state index in [1.807, 2.05) is 31.2 Å². The highest BCUT2D eigenvalue weighted by Crippen LogP contribution is 2.38. The molecular weight excluding hydrogens is 410 g/mol. The van der Waals surface area contributed by atoms with Crippen LogP contribution < -0.4 is 20.5 Å². The number of carbonyl (C=O) groups excluding carboxylic acids is 1. The summed E-state index contributed by atoms with van der Waals surface area (Å²) < 4.78 is 16.4. The summed E-state index contributed by atoms with van der Waals surface area (Å²) in [7, 11) is 3.18. The molecule has 0 aliphatic carbocycles. The van der Waals surface area contributed by atoms with E-state index >= 15 is 0 Å². The molecule has 2 aromatic carbocycles. The lowest BCUT2D eigenvalue weighted by atomic mass is 10.0. The predicted octanol–water partition coefficient (Wildman–Crippen LogP) is 3.09. The van der Waals surface area contributed by atoms with Crippen LogP contribution in [0.25, 0.3) is 10.9 Å². The Morgan fingerprint density at radius 3 is 2.62 bits per heavy atom. The lowest BCUT2D eigenvalue weighted by Crippen LogP contribution is -2.15. The quantitative estimate of drug-likeness (QED) is 0.393. The molecular formula is C24H29N3O5. The Morgan fingerprint density at radius 1 is 1.16 bits per heavy atom. The minimum atomic E-state index is -0.458. The molecule has 0 radical (unpaired) electrons. The monoisotopic (exact) mass is 439 g/mol. The van der Waals surface area contributed by atoms with Gasteiger partial charge < -0.3 is 30.4 Å². The van der Waals surface area contributed by atoms with E-state index in [4.69, 9.17) is 19.9 Å². The molecule has 0 fully saturated rings. The van der Waals surface area contributed by atoms with Crippen molar-refractivity contribution >= 4 is 28.2 Å². The Balaban J connectivity index is 2.16. The summed E-state index contributed by atoms with van der Waals surface area (Å²) in [4.78, 5) is 16.3. The van der Waals surface area contributed by atoms with Crippen molar-refractivity contribution in [2.24, 2.45) is 5.73 Å². The van der Waals surface area contributed by atoms with Crippen LogP contribution in [0.3, 0.4) is 0 Å². The first-order valence-electron chi connectivity index (χ1n) is 10.4. The number of rotatable bonds is 11. The Morgan fingerprint density at radius 2 is 1.97 bits per heavy atom. The average molecular weight is 440 g/mol. The first-order chi connectivity index (χ1) is 15.5. The molecule has 0 atom stereocenters. The molecule has 1 amide bonds. The van der Waals surface area contributed by atoms with Crippen molar-refractivity contribution in [2.45, 2.75) is 26.4 Å². The fraction of sp³-hybridized carbons (Fsp3) is 0.333. The Bertz CT molecular complexity index is 1100. The van der Waals surface area contributed by atoms with E-state index in [0.717, 1.165) is 28.6 Å². The number of methoxy groups -OCH3 is 2. The van der Waals surface area contributed by atoms with Gasteiger partial charge in [0.25, 0.3) is 0 Å². The number of nitrogens with one attached hydrogen (secondary N) is 1. The van der Waals surface area contributed by atoms with Gasteiger partial charge in [-0.3, -0.25) is 9.78 Å². The second-order valence-corrected chi connectivity index (χ2v) is 7.24. The maximum atomic E-state index is 11.7. The second kappa shape index (κ2) is 10.8. The normalized spacial score (nSPS) is 10.9. The predicted molar refractivity (Wildman–Crippen MR) is 124 cm³/mol. The van der Waals surface area contributed by atoms with Crippen LogP contribution in [0.5, 0.6) is 11.5 Å². The van der Waals surface area contributed by atoms with Gasteiger partial charge in [0.2, 0.25) is 5.91 Å². The van der Waals surface area contributed by atoms with Gasteiger partial charge in [-0.25, -0.2) is 0 Å². The van der Waals surface area contributed by atoms with Gasteiger partial charge in [0.05, 0.1) is 37.9 Å². The lowest BCUT2D eigenvalue weighted by molar-refractivity contribution is -0.117. The van der Waals surface area contributed by atoms with Crippen molar-refractivity contribution in [1.82, 2.24) is 4.98 Å². The lowest BCUT2D eigenvalue weighted by Gasteiger charge is -2.19. The van der Waals surface area contributed by atoms with E-state index in [2.05, 4.69) is 10.3 Å². The summed E-state index contributed by atoms with van der Waals surface area (Å²) >= 11 is 0. The molecule has 8 nitrogen and oxygen atoms in total. The average Bonchev–Trinajstić information content (AvgIpc) is 2.79. The number of benzene rings is 2. The van der Waals surface area contributed by atoms with E-state index in [1.165, 1.54) is 0 Å². The SMILES string of the molecule is CCc1c(CO)cccc1Nc1c(CC(N)=O)cnc2cc(OCCOC)c(OC)cc12. The molecule has 0 saturated carbocycles. The van der Waals surface area contributed by atoms with E-state index < -0.39 is 5.91 Å². The van der Waals surface area contributed by atoms with Crippen molar-refractivity contribution in [3.05, 3.63) is 53.2 Å². The van der Waals surface area contributed by atoms with Crippen LogP contribution in [-0.4, -0.2) is 43.4 Å². The van der Waals surface area contributed by atoms with Gasteiger partial charge in [-0.05, 0) is 29.7 Å². The van der Waals surface area contributed by atoms with Crippen molar-refractivity contribution in [2.75, 3.05) is 32.8 Å². The molecule has 32 heavy (non-hydrogen) atoms. The Kier molecular flexibility index (Phi) is 7.86. The van der Waals surface area contributed by atoms with Crippen molar-refractivity contribution in [3.63, 3.8) is 0 Å². The number of pyridine rings is 1. The largest absolute Gasteiger partial charge is 0.493 e. The first kappa shape index (κ1) is 23.3. The van der Waals surface area contributed by atoms with Gasteiger partial charge in [-0.15, -0.1) is 0 Å². The van der Waals surface area contributed by atoms with E-state index in [-0.39, 0.29) is 13.0 Å². The number of nitrogens with two attached hydrogens (primary N) is 1. The Hall–Kier alpha value is -3.36. The molecule has 0 saturated heterocycles. The number of aliphatic hydroxyl groups excluding tert-OH is 1. The zero-order valence-corrected chi connectivity index (χ0v) is 18.6. The number of aromatic nitrogens is 1. The minimum Gasteiger partial charge on any atom is -0.493 e. The molecule has 170 valence electrons. The highest BCUT2D eigenvalue weighted by molar-refractivity contribution is 5.98. The summed E-state index contributed by atoms with van der Waals surface area (Å²) in [5.41, 5.74) is 10.2. The molecule has 0 aliphatic rings. The van der Waals surface area contributed by atoms with Crippen LogP contribution in [0.15, 0.2) is 36.5 Å². The molecule has 4 N–H and O–H groups in total. The molecule has 0 aliphatic heterocycles. The fourth-order valence-electron chi connectivity index (χ4n) is 3.67. The fourth-order valence-corrected chi connectivity index (χ4v) is 3.67. The van der Waals surface area contributed by atoms with Gasteiger partial charge in [-0.1, -0.05) is 19.1 Å². The topological polar surface area (TPSA) is 116 Å². The molecule has 3 rings (SSSR count). The molecule has 0 unspecified atom stereocenters. The third-order valence-corrected chi connectivity index (χ3v) is 5.20. The Labute approximate surface area is 187 Å². The molecule has 8 heteroatoms. The zero-order valence-electron chi connectivity index (χ0n) is 18.6. The van der Waals surface area contributed by atoms with Gasteiger partial charge in [-0.2, -0.15) is 0 Å². The van der Waals surface area contributed by atoms with Gasteiger partial charge in [0.1, 0.15) is 6.61 Å². The summed E-state index contributed by atoms with van der Waals surface area (Å²) in [6.07, 6.45) is 2.40. The highest BCUT2D eigenvalue weighted by Gasteiger charge is 2.17. The minimum absolute atomic E-state index is 0.0286. The molecule has 1 aromatic heterocycles. The number of fused-ring (bicyclic) bond motifs is 1. The smallest absolute Gasteiger partial charge is 0.221 e. The van der Waals surface area contributed by atoms with Crippen LogP contribution in [0, 0.1) is 0 Å².